The lowest BCUT2D eigenvalue weighted by molar-refractivity contribution is -0.130. The third-order valence-electron chi connectivity index (χ3n) is 6.39. The van der Waals surface area contributed by atoms with Gasteiger partial charge in [0.15, 0.2) is 0 Å². The number of piperidine rings is 1. The highest BCUT2D eigenvalue weighted by Gasteiger charge is 2.39. The summed E-state index contributed by atoms with van der Waals surface area (Å²) in [5, 5.41) is 14.6. The molecular weight excluding hydrogens is 452 g/mol. The van der Waals surface area contributed by atoms with E-state index in [9.17, 15) is 9.90 Å². The first-order valence-electron chi connectivity index (χ1n) is 11.5. The Kier molecular flexibility index (Phi) is 6.09. The van der Waals surface area contributed by atoms with Gasteiger partial charge in [0.1, 0.15) is 16.7 Å². The van der Waals surface area contributed by atoms with Crippen LogP contribution in [0, 0.1) is 0 Å². The summed E-state index contributed by atoms with van der Waals surface area (Å²) in [6.45, 7) is 2.98. The molecule has 5 rings (SSSR count). The minimum absolute atomic E-state index is 0.0170. The van der Waals surface area contributed by atoms with E-state index in [0.29, 0.717) is 30.6 Å². The van der Waals surface area contributed by atoms with Gasteiger partial charge in [0.2, 0.25) is 17.7 Å². The molecule has 3 heterocycles. The van der Waals surface area contributed by atoms with E-state index in [1.807, 2.05) is 23.1 Å². The normalized spacial score (nSPS) is 17.8. The van der Waals surface area contributed by atoms with Crippen LogP contribution in [0.2, 0.25) is 0 Å². The Labute approximate surface area is 202 Å². The van der Waals surface area contributed by atoms with Crippen molar-refractivity contribution in [3.63, 3.8) is 0 Å². The first kappa shape index (κ1) is 22.5. The van der Waals surface area contributed by atoms with Gasteiger partial charge in [-0.25, -0.2) is 9.97 Å². The number of anilines is 3. The average Bonchev–Trinajstić information content (AvgIpc) is 3.28. The van der Waals surface area contributed by atoms with Gasteiger partial charge in [0.25, 0.3) is 0 Å². The maximum absolute atomic E-state index is 11.5. The summed E-state index contributed by atoms with van der Waals surface area (Å²) < 4.78 is 6.05. The lowest BCUT2D eigenvalue weighted by Crippen LogP contribution is -2.40. The fourth-order valence-electron chi connectivity index (χ4n) is 4.27. The Hall–Kier alpha value is -3.24. The zero-order chi connectivity index (χ0) is 23.7. The number of nitrogens with zero attached hydrogens (tertiary/aromatic N) is 4. The molecule has 1 aliphatic carbocycles. The quantitative estimate of drug-likeness (QED) is 0.456. The molecule has 0 spiro atoms. The van der Waals surface area contributed by atoms with Crippen LogP contribution in [0.4, 0.5) is 17.3 Å². The van der Waals surface area contributed by atoms with Crippen molar-refractivity contribution in [2.45, 2.75) is 50.7 Å². The Balaban J connectivity index is 1.28. The van der Waals surface area contributed by atoms with Gasteiger partial charge in [-0.15, -0.1) is 11.3 Å². The summed E-state index contributed by atoms with van der Waals surface area (Å²) in [5.41, 5.74) is 7.66. The van der Waals surface area contributed by atoms with E-state index in [1.54, 1.807) is 25.4 Å². The van der Waals surface area contributed by atoms with E-state index in [1.165, 1.54) is 11.3 Å². The fourth-order valence-corrected chi connectivity index (χ4v) is 5.32. The maximum Gasteiger partial charge on any atom is 0.230 e. The SMILES string of the molecule is CC(=O)N1CCC(Oc2ccnc(Nc3cc(N)cc(-c4cnc(C5(O)CCC5)s4)c3)n2)CC1. The Morgan fingerprint density at radius 2 is 2.06 bits per heavy atom. The molecule has 0 radical (unpaired) electrons. The summed E-state index contributed by atoms with van der Waals surface area (Å²) in [6.07, 6.45) is 7.55. The number of benzene rings is 1. The molecule has 0 unspecified atom stereocenters. The van der Waals surface area contributed by atoms with Crippen molar-refractivity contribution in [3.05, 3.63) is 41.7 Å². The summed E-state index contributed by atoms with van der Waals surface area (Å²) in [5.74, 6) is 0.995. The molecule has 10 heteroatoms. The van der Waals surface area contributed by atoms with E-state index in [2.05, 4.69) is 20.3 Å². The molecule has 34 heavy (non-hydrogen) atoms. The predicted molar refractivity (Wildman–Crippen MR) is 131 cm³/mol. The van der Waals surface area contributed by atoms with E-state index < -0.39 is 5.60 Å². The molecule has 178 valence electrons. The topological polar surface area (TPSA) is 126 Å². The van der Waals surface area contributed by atoms with Crippen LogP contribution in [-0.2, 0) is 10.4 Å². The van der Waals surface area contributed by atoms with Crippen molar-refractivity contribution in [1.82, 2.24) is 19.9 Å². The van der Waals surface area contributed by atoms with Crippen LogP contribution in [0.3, 0.4) is 0 Å². The number of aliphatic hydroxyl groups is 1. The number of hydrogen-bond acceptors (Lipinski definition) is 9. The molecule has 1 aliphatic heterocycles. The highest BCUT2D eigenvalue weighted by Crippen LogP contribution is 2.44. The molecule has 2 aromatic heterocycles. The predicted octanol–water partition coefficient (Wildman–Crippen LogP) is 3.69. The van der Waals surface area contributed by atoms with Crippen LogP contribution >= 0.6 is 11.3 Å². The van der Waals surface area contributed by atoms with Gasteiger partial charge in [0.05, 0.1) is 4.88 Å². The van der Waals surface area contributed by atoms with Gasteiger partial charge in [-0.3, -0.25) is 4.79 Å². The third-order valence-corrected chi connectivity index (χ3v) is 7.62. The Bertz CT molecular complexity index is 1190. The number of aromatic nitrogens is 3. The van der Waals surface area contributed by atoms with Crippen molar-refractivity contribution >= 4 is 34.6 Å². The Morgan fingerprint density at radius 3 is 2.76 bits per heavy atom. The third kappa shape index (κ3) is 4.83. The molecule has 1 saturated carbocycles. The van der Waals surface area contributed by atoms with Gasteiger partial charge in [-0.2, -0.15) is 4.98 Å². The summed E-state index contributed by atoms with van der Waals surface area (Å²) in [4.78, 5) is 27.6. The molecule has 4 N–H and O–H groups in total. The molecule has 1 aromatic carbocycles. The molecule has 0 bridgehead atoms. The number of likely N-dealkylation sites (tertiary alicyclic amines) is 1. The van der Waals surface area contributed by atoms with Gasteiger partial charge in [-0.05, 0) is 43.0 Å². The molecular formula is C24H28N6O3S. The molecule has 3 aromatic rings. The van der Waals surface area contributed by atoms with Gasteiger partial charge >= 0.3 is 0 Å². The fraction of sp³-hybridized carbons (Fsp3) is 0.417. The first-order chi connectivity index (χ1) is 16.4. The highest BCUT2D eigenvalue weighted by molar-refractivity contribution is 7.15. The first-order valence-corrected chi connectivity index (χ1v) is 12.3. The van der Waals surface area contributed by atoms with Crippen molar-refractivity contribution < 1.29 is 14.6 Å². The number of carbonyl (C=O) groups excluding carboxylic acids is 1. The largest absolute Gasteiger partial charge is 0.474 e. The van der Waals surface area contributed by atoms with Gasteiger partial charge < -0.3 is 25.8 Å². The van der Waals surface area contributed by atoms with Crippen LogP contribution in [-0.4, -0.2) is 50.1 Å². The minimum atomic E-state index is -0.776. The molecule has 1 saturated heterocycles. The highest BCUT2D eigenvalue weighted by atomic mass is 32.1. The van der Waals surface area contributed by atoms with Crippen LogP contribution in [0.25, 0.3) is 10.4 Å². The van der Waals surface area contributed by atoms with Crippen LogP contribution in [0.1, 0.15) is 44.0 Å². The van der Waals surface area contributed by atoms with E-state index in [0.717, 1.165) is 53.2 Å². The molecule has 9 nitrogen and oxygen atoms in total. The number of nitrogens with one attached hydrogen (secondary N) is 1. The van der Waals surface area contributed by atoms with Crippen molar-refractivity contribution in [1.29, 1.82) is 0 Å². The van der Waals surface area contributed by atoms with Crippen molar-refractivity contribution in [2.24, 2.45) is 0 Å². The van der Waals surface area contributed by atoms with Crippen LogP contribution in [0.15, 0.2) is 36.7 Å². The summed E-state index contributed by atoms with van der Waals surface area (Å²) in [6, 6.07) is 7.41. The van der Waals surface area contributed by atoms with E-state index in [-0.39, 0.29) is 12.0 Å². The molecule has 0 atom stereocenters. The molecule has 2 aliphatic rings. The zero-order valence-corrected chi connectivity index (χ0v) is 19.8. The average molecular weight is 481 g/mol. The lowest BCUT2D eigenvalue weighted by atomic mass is 9.81. The lowest BCUT2D eigenvalue weighted by Gasteiger charge is -2.34. The maximum atomic E-state index is 11.5. The van der Waals surface area contributed by atoms with Crippen molar-refractivity contribution in [2.75, 3.05) is 24.1 Å². The minimum Gasteiger partial charge on any atom is -0.474 e. The second-order valence-corrected chi connectivity index (χ2v) is 9.96. The van der Waals surface area contributed by atoms with Gasteiger partial charge in [0, 0.05) is 62.7 Å². The monoisotopic (exact) mass is 480 g/mol. The number of thiazole rings is 1. The second-order valence-electron chi connectivity index (χ2n) is 8.93. The second kappa shape index (κ2) is 9.19. The van der Waals surface area contributed by atoms with Gasteiger partial charge in [-0.1, -0.05) is 0 Å². The number of nitrogen functional groups attached to an aromatic ring is 1. The standard InChI is InChI=1S/C24H28N6O3S/c1-15(31)30-9-4-19(5-10-30)33-21-3-8-26-23(29-21)28-18-12-16(11-17(25)13-18)20-14-27-22(34-20)24(32)6-2-7-24/h3,8,11-14,19,32H,2,4-7,9-10,25H2,1H3,(H,26,28,29). The summed E-state index contributed by atoms with van der Waals surface area (Å²) in [7, 11) is 0. The molecule has 2 fully saturated rings. The number of carbonyl (C=O) groups is 1. The zero-order valence-electron chi connectivity index (χ0n) is 19.0. The number of hydrogen-bond donors (Lipinski definition) is 3. The van der Waals surface area contributed by atoms with E-state index >= 15 is 0 Å². The van der Waals surface area contributed by atoms with Crippen molar-refractivity contribution in [3.8, 4) is 16.3 Å². The van der Waals surface area contributed by atoms with E-state index in [4.69, 9.17) is 10.5 Å². The number of nitrogens with two attached hydrogens (primary N) is 1. The summed E-state index contributed by atoms with van der Waals surface area (Å²) >= 11 is 1.50. The number of rotatable bonds is 6. The molecule has 1 amide bonds. The number of amides is 1. The number of ether oxygens (including phenoxy) is 1. The Morgan fingerprint density at radius 1 is 1.26 bits per heavy atom. The van der Waals surface area contributed by atoms with Crippen LogP contribution < -0.4 is 15.8 Å². The smallest absolute Gasteiger partial charge is 0.230 e. The van der Waals surface area contributed by atoms with Crippen LogP contribution in [0.5, 0.6) is 5.88 Å².